The average Bonchev–Trinajstić information content (AvgIpc) is 3.16. The Morgan fingerprint density at radius 3 is 2.69 bits per heavy atom. The molecule has 1 aromatic heterocycles. The number of ether oxygens (including phenoxy) is 2. The summed E-state index contributed by atoms with van der Waals surface area (Å²) in [7, 11) is 0. The minimum atomic E-state index is -0.246. The van der Waals surface area contributed by atoms with Gasteiger partial charge in [0.05, 0.1) is 17.4 Å². The zero-order chi connectivity index (χ0) is 17.9. The third-order valence-corrected chi connectivity index (χ3v) is 4.44. The maximum atomic E-state index is 12.6. The molecule has 1 fully saturated rings. The summed E-state index contributed by atoms with van der Waals surface area (Å²) in [6.07, 6.45) is 4.13. The normalized spacial score (nSPS) is 15.7. The van der Waals surface area contributed by atoms with Crippen LogP contribution >= 0.6 is 0 Å². The number of hydrogen-bond donors (Lipinski definition) is 1. The highest BCUT2D eigenvalue weighted by Gasteiger charge is 2.18. The topological polar surface area (TPSA) is 84.0 Å². The molecule has 1 saturated heterocycles. The first-order valence-electron chi connectivity index (χ1n) is 8.33. The van der Waals surface area contributed by atoms with E-state index < -0.39 is 0 Å². The molecular weight excluding hydrogens is 336 g/mol. The van der Waals surface area contributed by atoms with Crippen molar-refractivity contribution in [1.82, 2.24) is 9.88 Å². The number of hydrogen-bond acceptors (Lipinski definition) is 6. The fourth-order valence-electron chi connectivity index (χ4n) is 2.99. The standard InChI is InChI=1S/C18H18N4O4/c23-11-21-3-5-22(6-4-21)15-7-13(9-19-10-15)18(24)20-14-1-2-16-17(8-14)26-12-25-16/h1-2,7-11H,3-6,12H2,(H,20,24). The van der Waals surface area contributed by atoms with E-state index in [0.29, 0.717) is 48.9 Å². The Bertz CT molecular complexity index is 834. The molecule has 2 amide bonds. The van der Waals surface area contributed by atoms with Crippen LogP contribution in [0.1, 0.15) is 10.4 Å². The predicted molar refractivity (Wildman–Crippen MR) is 94.6 cm³/mol. The van der Waals surface area contributed by atoms with Gasteiger partial charge in [-0.2, -0.15) is 0 Å². The summed E-state index contributed by atoms with van der Waals surface area (Å²) in [6, 6.07) is 7.07. The van der Waals surface area contributed by atoms with Crippen molar-refractivity contribution >= 4 is 23.7 Å². The van der Waals surface area contributed by atoms with Gasteiger partial charge in [0.1, 0.15) is 0 Å². The smallest absolute Gasteiger partial charge is 0.257 e. The molecule has 2 aromatic rings. The molecule has 4 rings (SSSR count). The van der Waals surface area contributed by atoms with Crippen molar-refractivity contribution in [2.45, 2.75) is 0 Å². The summed E-state index contributed by atoms with van der Waals surface area (Å²) in [6.45, 7) is 2.95. The number of carbonyl (C=O) groups excluding carboxylic acids is 2. The summed E-state index contributed by atoms with van der Waals surface area (Å²) in [4.78, 5) is 31.4. The molecule has 2 aliphatic rings. The van der Waals surface area contributed by atoms with Crippen LogP contribution in [0.4, 0.5) is 11.4 Å². The number of fused-ring (bicyclic) bond motifs is 1. The monoisotopic (exact) mass is 354 g/mol. The minimum Gasteiger partial charge on any atom is -0.454 e. The van der Waals surface area contributed by atoms with Crippen LogP contribution < -0.4 is 19.7 Å². The van der Waals surface area contributed by atoms with Crippen LogP contribution in [0.2, 0.25) is 0 Å². The van der Waals surface area contributed by atoms with Crippen molar-refractivity contribution in [2.75, 3.05) is 43.2 Å². The summed E-state index contributed by atoms with van der Waals surface area (Å²) in [5, 5.41) is 2.85. The molecule has 2 aliphatic heterocycles. The van der Waals surface area contributed by atoms with E-state index in [9.17, 15) is 9.59 Å². The molecule has 0 unspecified atom stereocenters. The average molecular weight is 354 g/mol. The molecule has 134 valence electrons. The highest BCUT2D eigenvalue weighted by Crippen LogP contribution is 2.34. The second kappa shape index (κ2) is 6.91. The SMILES string of the molecule is O=CN1CCN(c2cncc(C(=O)Nc3ccc4c(c3)OCO4)c2)CC1. The Kier molecular flexibility index (Phi) is 4.30. The Balaban J connectivity index is 1.46. The van der Waals surface area contributed by atoms with Crippen molar-refractivity contribution < 1.29 is 19.1 Å². The van der Waals surface area contributed by atoms with Crippen molar-refractivity contribution in [3.8, 4) is 11.5 Å². The predicted octanol–water partition coefficient (Wildman–Crippen LogP) is 1.34. The van der Waals surface area contributed by atoms with Crippen LogP contribution in [-0.4, -0.2) is 55.2 Å². The lowest BCUT2D eigenvalue weighted by Gasteiger charge is -2.34. The van der Waals surface area contributed by atoms with Gasteiger partial charge in [-0.25, -0.2) is 0 Å². The van der Waals surface area contributed by atoms with Crippen molar-refractivity contribution in [3.05, 3.63) is 42.2 Å². The van der Waals surface area contributed by atoms with Crippen LogP contribution in [0.3, 0.4) is 0 Å². The van der Waals surface area contributed by atoms with Crippen molar-refractivity contribution in [3.63, 3.8) is 0 Å². The van der Waals surface area contributed by atoms with E-state index in [2.05, 4.69) is 15.2 Å². The Labute approximate surface area is 150 Å². The fraction of sp³-hybridized carbons (Fsp3) is 0.278. The van der Waals surface area contributed by atoms with Gasteiger partial charge in [-0.05, 0) is 18.2 Å². The number of nitrogens with zero attached hydrogens (tertiary/aromatic N) is 3. The van der Waals surface area contributed by atoms with Gasteiger partial charge in [0.2, 0.25) is 13.2 Å². The Morgan fingerprint density at radius 1 is 1.08 bits per heavy atom. The first kappa shape index (κ1) is 16.2. The maximum Gasteiger partial charge on any atom is 0.257 e. The van der Waals surface area contributed by atoms with E-state index in [1.165, 1.54) is 6.20 Å². The quantitative estimate of drug-likeness (QED) is 0.835. The molecule has 0 radical (unpaired) electrons. The maximum absolute atomic E-state index is 12.6. The number of rotatable bonds is 4. The van der Waals surface area contributed by atoms with Gasteiger partial charge in [-0.15, -0.1) is 0 Å². The molecule has 8 heteroatoms. The van der Waals surface area contributed by atoms with Crippen LogP contribution in [0.15, 0.2) is 36.7 Å². The molecule has 1 aromatic carbocycles. The van der Waals surface area contributed by atoms with E-state index in [1.807, 2.05) is 6.07 Å². The number of carbonyl (C=O) groups is 2. The molecule has 0 saturated carbocycles. The third kappa shape index (κ3) is 3.26. The number of pyridine rings is 1. The lowest BCUT2D eigenvalue weighted by Crippen LogP contribution is -2.45. The van der Waals surface area contributed by atoms with E-state index in [-0.39, 0.29) is 12.7 Å². The number of piperazine rings is 1. The summed E-state index contributed by atoms with van der Waals surface area (Å²) in [5.41, 5.74) is 1.97. The number of amides is 2. The number of benzene rings is 1. The van der Waals surface area contributed by atoms with Gasteiger partial charge >= 0.3 is 0 Å². The minimum absolute atomic E-state index is 0.191. The fourth-order valence-corrected chi connectivity index (χ4v) is 2.99. The van der Waals surface area contributed by atoms with E-state index in [4.69, 9.17) is 9.47 Å². The summed E-state index contributed by atoms with van der Waals surface area (Å²) >= 11 is 0. The lowest BCUT2D eigenvalue weighted by molar-refractivity contribution is -0.118. The molecule has 0 atom stereocenters. The van der Waals surface area contributed by atoms with Gasteiger partial charge < -0.3 is 24.6 Å². The Morgan fingerprint density at radius 2 is 1.88 bits per heavy atom. The number of aromatic nitrogens is 1. The molecular formula is C18H18N4O4. The van der Waals surface area contributed by atoms with Crippen molar-refractivity contribution in [2.24, 2.45) is 0 Å². The van der Waals surface area contributed by atoms with Gasteiger partial charge in [0, 0.05) is 44.1 Å². The molecule has 26 heavy (non-hydrogen) atoms. The second-order valence-electron chi connectivity index (χ2n) is 6.08. The molecule has 0 bridgehead atoms. The van der Waals surface area contributed by atoms with E-state index in [0.717, 1.165) is 12.1 Å². The zero-order valence-corrected chi connectivity index (χ0v) is 14.1. The largest absolute Gasteiger partial charge is 0.454 e. The zero-order valence-electron chi connectivity index (χ0n) is 14.1. The highest BCUT2D eigenvalue weighted by atomic mass is 16.7. The molecule has 8 nitrogen and oxygen atoms in total. The third-order valence-electron chi connectivity index (χ3n) is 4.44. The summed E-state index contributed by atoms with van der Waals surface area (Å²) in [5.74, 6) is 1.04. The van der Waals surface area contributed by atoms with Gasteiger partial charge in [-0.1, -0.05) is 0 Å². The summed E-state index contributed by atoms with van der Waals surface area (Å²) < 4.78 is 10.6. The number of nitrogens with one attached hydrogen (secondary N) is 1. The van der Waals surface area contributed by atoms with Gasteiger partial charge in [0.25, 0.3) is 5.91 Å². The molecule has 0 spiro atoms. The van der Waals surface area contributed by atoms with Crippen LogP contribution in [0.25, 0.3) is 0 Å². The van der Waals surface area contributed by atoms with Crippen LogP contribution in [0, 0.1) is 0 Å². The number of anilines is 2. The van der Waals surface area contributed by atoms with E-state index in [1.54, 1.807) is 29.3 Å². The van der Waals surface area contributed by atoms with Crippen LogP contribution in [0.5, 0.6) is 11.5 Å². The molecule has 0 aliphatic carbocycles. The lowest BCUT2D eigenvalue weighted by atomic mass is 10.2. The first-order valence-corrected chi connectivity index (χ1v) is 8.33. The Hall–Kier alpha value is -3.29. The first-order chi connectivity index (χ1) is 12.7. The van der Waals surface area contributed by atoms with Gasteiger partial charge in [0.15, 0.2) is 11.5 Å². The van der Waals surface area contributed by atoms with Crippen molar-refractivity contribution in [1.29, 1.82) is 0 Å². The van der Waals surface area contributed by atoms with Gasteiger partial charge in [-0.3, -0.25) is 14.6 Å². The molecule has 1 N–H and O–H groups in total. The second-order valence-corrected chi connectivity index (χ2v) is 6.08. The van der Waals surface area contributed by atoms with E-state index >= 15 is 0 Å². The molecule has 3 heterocycles. The van der Waals surface area contributed by atoms with Crippen LogP contribution in [-0.2, 0) is 4.79 Å². The highest BCUT2D eigenvalue weighted by molar-refractivity contribution is 6.04.